The summed E-state index contributed by atoms with van der Waals surface area (Å²) in [5, 5.41) is 11.1. The van der Waals surface area contributed by atoms with Gasteiger partial charge in [0, 0.05) is 18.8 Å². The monoisotopic (exact) mass is 172 g/mol. The highest BCUT2D eigenvalue weighted by molar-refractivity contribution is 5.79. The van der Waals surface area contributed by atoms with Gasteiger partial charge >= 0.3 is 5.97 Å². The average molecular weight is 172 g/mol. The molecule has 0 aromatic rings. The summed E-state index contributed by atoms with van der Waals surface area (Å²) in [4.78, 5) is 12.1. The second-order valence-corrected chi connectivity index (χ2v) is 2.78. The van der Waals surface area contributed by atoms with Crippen LogP contribution in [0.25, 0.3) is 0 Å². The number of carboxylic acid groups (broad SMARTS) is 1. The molecule has 0 amide bonds. The Labute approximate surface area is 72.9 Å². The van der Waals surface area contributed by atoms with E-state index in [1.165, 1.54) is 6.20 Å². The summed E-state index contributed by atoms with van der Waals surface area (Å²) in [5.74, 6) is -0.921. The minimum absolute atomic E-state index is 0.807. The van der Waals surface area contributed by atoms with Gasteiger partial charge in [0.15, 0.2) is 0 Å². The predicted octanol–water partition coefficient (Wildman–Crippen LogP) is 0.126. The van der Waals surface area contributed by atoms with Gasteiger partial charge in [0.2, 0.25) is 0 Å². The average Bonchev–Trinajstić information content (AvgIpc) is 1.95. The number of carboxylic acids is 1. The lowest BCUT2D eigenvalue weighted by atomic mass is 10.4. The van der Waals surface area contributed by atoms with Crippen LogP contribution in [0.2, 0.25) is 0 Å². The molecule has 0 saturated heterocycles. The van der Waals surface area contributed by atoms with Gasteiger partial charge in [0.05, 0.1) is 0 Å². The maximum atomic E-state index is 10.0. The summed E-state index contributed by atoms with van der Waals surface area (Å²) < 4.78 is 0. The maximum absolute atomic E-state index is 10.0. The molecule has 4 heteroatoms. The molecule has 0 saturated carbocycles. The Bertz CT molecular complexity index is 155. The Morgan fingerprint density at radius 1 is 1.58 bits per heavy atom. The van der Waals surface area contributed by atoms with Crippen LogP contribution in [0.5, 0.6) is 0 Å². The third-order valence-electron chi connectivity index (χ3n) is 1.27. The predicted molar refractivity (Wildman–Crippen MR) is 47.9 cm³/mol. The molecule has 4 nitrogen and oxygen atoms in total. The lowest BCUT2D eigenvalue weighted by Gasteiger charge is -2.08. The van der Waals surface area contributed by atoms with Gasteiger partial charge in [-0.3, -0.25) is 0 Å². The SMILES string of the molecule is CN(C)CCCN/C=C/C(=O)O. The highest BCUT2D eigenvalue weighted by atomic mass is 16.4. The molecule has 0 spiro atoms. The van der Waals surface area contributed by atoms with E-state index in [1.807, 2.05) is 14.1 Å². The van der Waals surface area contributed by atoms with Crippen LogP contribution < -0.4 is 5.32 Å². The Kier molecular flexibility index (Phi) is 6.09. The molecule has 0 aliphatic carbocycles. The molecule has 12 heavy (non-hydrogen) atoms. The van der Waals surface area contributed by atoms with Crippen LogP contribution in [0.1, 0.15) is 6.42 Å². The van der Waals surface area contributed by atoms with E-state index in [-0.39, 0.29) is 0 Å². The molecule has 0 rings (SSSR count). The largest absolute Gasteiger partial charge is 0.478 e. The normalized spacial score (nSPS) is 10.9. The molecule has 0 atom stereocenters. The molecule has 0 aromatic carbocycles. The number of nitrogens with zero attached hydrogens (tertiary/aromatic N) is 1. The summed E-state index contributed by atoms with van der Waals surface area (Å²) in [5.41, 5.74) is 0. The molecule has 0 heterocycles. The van der Waals surface area contributed by atoms with E-state index in [2.05, 4.69) is 10.2 Å². The highest BCUT2D eigenvalue weighted by Gasteiger charge is 1.88. The highest BCUT2D eigenvalue weighted by Crippen LogP contribution is 1.80. The summed E-state index contributed by atoms with van der Waals surface area (Å²) in [6.45, 7) is 1.82. The third kappa shape index (κ3) is 8.97. The smallest absolute Gasteiger partial charge is 0.329 e. The van der Waals surface area contributed by atoms with Crippen molar-refractivity contribution in [2.45, 2.75) is 6.42 Å². The van der Waals surface area contributed by atoms with Crippen LogP contribution in [0.4, 0.5) is 0 Å². The summed E-state index contributed by atoms with van der Waals surface area (Å²) in [6.07, 6.45) is 3.56. The molecule has 0 aliphatic rings. The number of nitrogens with one attached hydrogen (secondary N) is 1. The molecule has 70 valence electrons. The van der Waals surface area contributed by atoms with E-state index >= 15 is 0 Å². The van der Waals surface area contributed by atoms with E-state index < -0.39 is 5.97 Å². The van der Waals surface area contributed by atoms with Crippen molar-refractivity contribution in [3.05, 3.63) is 12.3 Å². The molecule has 0 aliphatic heterocycles. The minimum atomic E-state index is -0.921. The van der Waals surface area contributed by atoms with Crippen molar-refractivity contribution in [1.82, 2.24) is 10.2 Å². The Hall–Kier alpha value is -1.03. The first-order chi connectivity index (χ1) is 5.63. The fourth-order valence-corrected chi connectivity index (χ4v) is 0.711. The molecular weight excluding hydrogens is 156 g/mol. The van der Waals surface area contributed by atoms with E-state index in [0.717, 1.165) is 25.6 Å². The van der Waals surface area contributed by atoms with E-state index in [1.54, 1.807) is 0 Å². The van der Waals surface area contributed by atoms with Crippen LogP contribution in [-0.4, -0.2) is 43.2 Å². The summed E-state index contributed by atoms with van der Waals surface area (Å²) in [6, 6.07) is 0. The molecule has 2 N–H and O–H groups in total. The van der Waals surface area contributed by atoms with Crippen LogP contribution >= 0.6 is 0 Å². The van der Waals surface area contributed by atoms with Crippen molar-refractivity contribution < 1.29 is 9.90 Å². The fourth-order valence-electron chi connectivity index (χ4n) is 0.711. The zero-order valence-corrected chi connectivity index (χ0v) is 7.58. The van der Waals surface area contributed by atoms with Crippen molar-refractivity contribution in [2.75, 3.05) is 27.2 Å². The van der Waals surface area contributed by atoms with Gasteiger partial charge in [0.1, 0.15) is 0 Å². The zero-order chi connectivity index (χ0) is 9.40. The van der Waals surface area contributed by atoms with Crippen LogP contribution in [0.15, 0.2) is 12.3 Å². The first-order valence-corrected chi connectivity index (χ1v) is 3.90. The molecule has 0 radical (unpaired) electrons. The maximum Gasteiger partial charge on any atom is 0.329 e. The van der Waals surface area contributed by atoms with Gasteiger partial charge < -0.3 is 15.3 Å². The molecule has 0 unspecified atom stereocenters. The van der Waals surface area contributed by atoms with E-state index in [0.29, 0.717) is 0 Å². The van der Waals surface area contributed by atoms with Crippen LogP contribution in [0, 0.1) is 0 Å². The molecule has 0 bridgehead atoms. The minimum Gasteiger partial charge on any atom is -0.478 e. The fraction of sp³-hybridized carbons (Fsp3) is 0.625. The van der Waals surface area contributed by atoms with Crippen LogP contribution in [0.3, 0.4) is 0 Å². The first kappa shape index (κ1) is 11.0. The lowest BCUT2D eigenvalue weighted by molar-refractivity contribution is -0.131. The number of rotatable bonds is 6. The van der Waals surface area contributed by atoms with Crippen LogP contribution in [-0.2, 0) is 4.79 Å². The van der Waals surface area contributed by atoms with Gasteiger partial charge in [-0.2, -0.15) is 0 Å². The Balaban J connectivity index is 3.16. The van der Waals surface area contributed by atoms with Gasteiger partial charge in [-0.05, 0) is 27.1 Å². The number of aliphatic carboxylic acids is 1. The number of hydrogen-bond donors (Lipinski definition) is 2. The zero-order valence-electron chi connectivity index (χ0n) is 7.58. The molecule has 0 aromatic heterocycles. The molecule has 0 fully saturated rings. The van der Waals surface area contributed by atoms with E-state index in [4.69, 9.17) is 5.11 Å². The van der Waals surface area contributed by atoms with Gasteiger partial charge in [-0.25, -0.2) is 4.79 Å². The summed E-state index contributed by atoms with van der Waals surface area (Å²) in [7, 11) is 4.01. The molecular formula is C8H16N2O2. The van der Waals surface area contributed by atoms with Crippen molar-refractivity contribution >= 4 is 5.97 Å². The van der Waals surface area contributed by atoms with Crippen molar-refractivity contribution in [1.29, 1.82) is 0 Å². The lowest BCUT2D eigenvalue weighted by Crippen LogP contribution is -2.18. The topological polar surface area (TPSA) is 52.6 Å². The van der Waals surface area contributed by atoms with Crippen molar-refractivity contribution in [2.24, 2.45) is 0 Å². The summed E-state index contributed by atoms with van der Waals surface area (Å²) >= 11 is 0. The standard InChI is InChI=1S/C8H16N2O2/c1-10(2)7-3-5-9-6-4-8(11)12/h4,6,9H,3,5,7H2,1-2H3,(H,11,12)/b6-4+. The Morgan fingerprint density at radius 3 is 2.75 bits per heavy atom. The van der Waals surface area contributed by atoms with Gasteiger partial charge in [-0.15, -0.1) is 0 Å². The van der Waals surface area contributed by atoms with Gasteiger partial charge in [0.25, 0.3) is 0 Å². The second kappa shape index (κ2) is 6.67. The van der Waals surface area contributed by atoms with E-state index in [9.17, 15) is 4.79 Å². The number of carbonyl (C=O) groups is 1. The number of hydrogen-bond acceptors (Lipinski definition) is 3. The van der Waals surface area contributed by atoms with Crippen molar-refractivity contribution in [3.63, 3.8) is 0 Å². The quantitative estimate of drug-likeness (QED) is 0.441. The van der Waals surface area contributed by atoms with Crippen molar-refractivity contribution in [3.8, 4) is 0 Å². The second-order valence-electron chi connectivity index (χ2n) is 2.78. The van der Waals surface area contributed by atoms with Gasteiger partial charge in [-0.1, -0.05) is 0 Å². The third-order valence-corrected chi connectivity index (χ3v) is 1.27. The Morgan fingerprint density at radius 2 is 2.25 bits per heavy atom. The first-order valence-electron chi connectivity index (χ1n) is 3.90.